The number of rotatable bonds is 3. The highest BCUT2D eigenvalue weighted by atomic mass is 14.9. The Morgan fingerprint density at radius 2 is 1.93 bits per heavy atom. The summed E-state index contributed by atoms with van der Waals surface area (Å²) in [6.45, 7) is 0.542. The van der Waals surface area contributed by atoms with E-state index in [1.165, 1.54) is 6.33 Å². The van der Waals surface area contributed by atoms with E-state index < -0.39 is 0 Å². The number of hydrogen-bond acceptors (Lipinski definition) is 4. The van der Waals surface area contributed by atoms with Crippen LogP contribution in [-0.2, 0) is 6.54 Å². The van der Waals surface area contributed by atoms with E-state index in [-0.39, 0.29) is 0 Å². The van der Waals surface area contributed by atoms with Crippen molar-refractivity contribution in [2.24, 2.45) is 5.73 Å². The second-order valence-electron chi connectivity index (χ2n) is 3.16. The number of nitrogens with one attached hydrogen (secondary N) is 1. The molecule has 0 bridgehead atoms. The summed E-state index contributed by atoms with van der Waals surface area (Å²) in [6.07, 6.45) is 4.95. The van der Waals surface area contributed by atoms with Crippen LogP contribution in [0.2, 0.25) is 0 Å². The Morgan fingerprint density at radius 1 is 1.13 bits per heavy atom. The Balaban J connectivity index is 2.17. The first-order valence-electron chi connectivity index (χ1n) is 4.69. The van der Waals surface area contributed by atoms with Crippen LogP contribution in [0.25, 0.3) is 0 Å². The largest absolute Gasteiger partial charge is 0.353 e. The van der Waals surface area contributed by atoms with Crippen molar-refractivity contribution in [2.45, 2.75) is 6.54 Å². The van der Waals surface area contributed by atoms with Gasteiger partial charge in [0.2, 0.25) is 0 Å². The number of nitrogens with two attached hydrogens (primary N) is 1. The van der Waals surface area contributed by atoms with Gasteiger partial charge in [-0.1, -0.05) is 12.1 Å². The van der Waals surface area contributed by atoms with E-state index in [2.05, 4.69) is 15.3 Å². The van der Waals surface area contributed by atoms with Crippen molar-refractivity contribution in [1.29, 1.82) is 0 Å². The van der Waals surface area contributed by atoms with Gasteiger partial charge in [-0.25, -0.2) is 9.97 Å². The predicted molar refractivity (Wildman–Crippen MR) is 59.6 cm³/mol. The fourth-order valence-corrected chi connectivity index (χ4v) is 1.31. The third-order valence-corrected chi connectivity index (χ3v) is 2.01. The first-order chi connectivity index (χ1) is 7.38. The summed E-state index contributed by atoms with van der Waals surface area (Å²) in [5.74, 6) is 0. The van der Waals surface area contributed by atoms with E-state index in [0.29, 0.717) is 6.54 Å². The molecule has 0 aliphatic rings. The molecule has 4 nitrogen and oxygen atoms in total. The zero-order valence-electron chi connectivity index (χ0n) is 8.22. The Hall–Kier alpha value is -1.94. The van der Waals surface area contributed by atoms with Crippen molar-refractivity contribution >= 4 is 11.4 Å². The lowest BCUT2D eigenvalue weighted by atomic mass is 10.2. The number of nitrogens with zero attached hydrogens (tertiary/aromatic N) is 2. The lowest BCUT2D eigenvalue weighted by molar-refractivity contribution is 1.07. The zero-order valence-corrected chi connectivity index (χ0v) is 8.22. The molecule has 0 aliphatic heterocycles. The van der Waals surface area contributed by atoms with Gasteiger partial charge >= 0.3 is 0 Å². The van der Waals surface area contributed by atoms with Gasteiger partial charge in [0, 0.05) is 12.2 Å². The normalized spacial score (nSPS) is 9.93. The van der Waals surface area contributed by atoms with E-state index in [1.807, 2.05) is 24.3 Å². The van der Waals surface area contributed by atoms with Crippen LogP contribution < -0.4 is 11.1 Å². The summed E-state index contributed by atoms with van der Waals surface area (Å²) in [5, 5.41) is 3.20. The van der Waals surface area contributed by atoms with Gasteiger partial charge in [-0.05, 0) is 17.7 Å². The smallest absolute Gasteiger partial charge is 0.115 e. The van der Waals surface area contributed by atoms with Crippen LogP contribution in [0.1, 0.15) is 5.56 Å². The molecule has 0 amide bonds. The minimum Gasteiger partial charge on any atom is -0.353 e. The standard InChI is InChI=1S/C11H12N4/c12-5-9-2-1-3-10(4-9)15-11-6-13-8-14-7-11/h1-4,6-8,15H,5,12H2. The highest BCUT2D eigenvalue weighted by Gasteiger charge is 1.95. The lowest BCUT2D eigenvalue weighted by Crippen LogP contribution is -1.97. The molecular weight excluding hydrogens is 188 g/mol. The van der Waals surface area contributed by atoms with Gasteiger partial charge in [0.25, 0.3) is 0 Å². The highest BCUT2D eigenvalue weighted by Crippen LogP contribution is 2.15. The monoisotopic (exact) mass is 200 g/mol. The predicted octanol–water partition coefficient (Wildman–Crippen LogP) is 1.68. The second-order valence-corrected chi connectivity index (χ2v) is 3.16. The molecular formula is C11H12N4. The summed E-state index contributed by atoms with van der Waals surface area (Å²) in [5.41, 5.74) is 8.51. The third-order valence-electron chi connectivity index (χ3n) is 2.01. The van der Waals surface area contributed by atoms with Gasteiger partial charge in [-0.2, -0.15) is 0 Å². The Bertz CT molecular complexity index is 428. The summed E-state index contributed by atoms with van der Waals surface area (Å²) in [4.78, 5) is 7.85. The molecule has 4 heteroatoms. The van der Waals surface area contributed by atoms with E-state index in [0.717, 1.165) is 16.9 Å². The van der Waals surface area contributed by atoms with Crippen LogP contribution in [0, 0.1) is 0 Å². The van der Waals surface area contributed by atoms with Gasteiger partial charge in [-0.3, -0.25) is 0 Å². The molecule has 0 spiro atoms. The molecule has 2 aromatic rings. The molecule has 1 aromatic heterocycles. The average Bonchev–Trinajstić information content (AvgIpc) is 2.31. The van der Waals surface area contributed by atoms with Gasteiger partial charge < -0.3 is 11.1 Å². The molecule has 1 aromatic carbocycles. The third kappa shape index (κ3) is 2.51. The molecule has 0 radical (unpaired) electrons. The van der Waals surface area contributed by atoms with E-state index in [9.17, 15) is 0 Å². The number of hydrogen-bond donors (Lipinski definition) is 2. The van der Waals surface area contributed by atoms with Crippen molar-refractivity contribution in [3.05, 3.63) is 48.5 Å². The Labute approximate surface area is 88.2 Å². The van der Waals surface area contributed by atoms with Gasteiger partial charge in [-0.15, -0.1) is 0 Å². The molecule has 76 valence electrons. The van der Waals surface area contributed by atoms with Crippen molar-refractivity contribution in [2.75, 3.05) is 5.32 Å². The SMILES string of the molecule is NCc1cccc(Nc2cncnc2)c1. The molecule has 0 saturated carbocycles. The molecule has 15 heavy (non-hydrogen) atoms. The summed E-state index contributed by atoms with van der Waals surface area (Å²) < 4.78 is 0. The van der Waals surface area contributed by atoms with E-state index >= 15 is 0 Å². The zero-order chi connectivity index (χ0) is 10.5. The van der Waals surface area contributed by atoms with Crippen LogP contribution >= 0.6 is 0 Å². The summed E-state index contributed by atoms with van der Waals surface area (Å²) >= 11 is 0. The van der Waals surface area contributed by atoms with Crippen LogP contribution in [0.5, 0.6) is 0 Å². The highest BCUT2D eigenvalue weighted by molar-refractivity contribution is 5.58. The van der Waals surface area contributed by atoms with Crippen molar-refractivity contribution in [3.8, 4) is 0 Å². The van der Waals surface area contributed by atoms with Crippen LogP contribution in [0.3, 0.4) is 0 Å². The number of anilines is 2. The molecule has 0 saturated heterocycles. The maximum Gasteiger partial charge on any atom is 0.115 e. The average molecular weight is 200 g/mol. The lowest BCUT2D eigenvalue weighted by Gasteiger charge is -2.06. The fourth-order valence-electron chi connectivity index (χ4n) is 1.31. The molecule has 1 heterocycles. The van der Waals surface area contributed by atoms with Crippen LogP contribution in [0.4, 0.5) is 11.4 Å². The maximum atomic E-state index is 5.56. The van der Waals surface area contributed by atoms with E-state index in [1.54, 1.807) is 12.4 Å². The fraction of sp³-hybridized carbons (Fsp3) is 0.0909. The van der Waals surface area contributed by atoms with Gasteiger partial charge in [0.05, 0.1) is 18.1 Å². The molecule has 0 unspecified atom stereocenters. The van der Waals surface area contributed by atoms with Gasteiger partial charge in [0.1, 0.15) is 6.33 Å². The second kappa shape index (κ2) is 4.52. The van der Waals surface area contributed by atoms with Gasteiger partial charge in [0.15, 0.2) is 0 Å². The molecule has 0 fully saturated rings. The van der Waals surface area contributed by atoms with Crippen LogP contribution in [-0.4, -0.2) is 9.97 Å². The van der Waals surface area contributed by atoms with E-state index in [4.69, 9.17) is 5.73 Å². The van der Waals surface area contributed by atoms with Crippen molar-refractivity contribution in [1.82, 2.24) is 9.97 Å². The minimum atomic E-state index is 0.542. The quantitative estimate of drug-likeness (QED) is 0.791. The first-order valence-corrected chi connectivity index (χ1v) is 4.69. The molecule has 2 rings (SSSR count). The van der Waals surface area contributed by atoms with Crippen LogP contribution in [0.15, 0.2) is 43.0 Å². The number of benzene rings is 1. The van der Waals surface area contributed by atoms with Crippen molar-refractivity contribution in [3.63, 3.8) is 0 Å². The molecule has 3 N–H and O–H groups in total. The summed E-state index contributed by atoms with van der Waals surface area (Å²) in [7, 11) is 0. The number of aromatic nitrogens is 2. The van der Waals surface area contributed by atoms with Crippen molar-refractivity contribution < 1.29 is 0 Å². The Morgan fingerprint density at radius 3 is 2.67 bits per heavy atom. The Kier molecular flexibility index (Phi) is 2.90. The molecule has 0 atom stereocenters. The topological polar surface area (TPSA) is 63.8 Å². The maximum absolute atomic E-state index is 5.56. The first kappa shape index (κ1) is 9.61. The minimum absolute atomic E-state index is 0.542. The summed E-state index contributed by atoms with van der Waals surface area (Å²) in [6, 6.07) is 7.94. The molecule has 0 aliphatic carbocycles.